The molecule has 1 heterocycles. The molecule has 0 aromatic carbocycles. The van der Waals surface area contributed by atoms with E-state index in [-0.39, 0.29) is 30.9 Å². The fourth-order valence-corrected chi connectivity index (χ4v) is 1.87. The van der Waals surface area contributed by atoms with E-state index in [1.165, 1.54) is 4.57 Å². The first-order valence-electron chi connectivity index (χ1n) is 6.69. The number of hydrogen-bond acceptors (Lipinski definition) is 4. The van der Waals surface area contributed by atoms with Crippen molar-refractivity contribution in [2.45, 2.75) is 45.3 Å². The Hall–Kier alpha value is -1.93. The van der Waals surface area contributed by atoms with Crippen LogP contribution < -0.4 is 22.3 Å². The van der Waals surface area contributed by atoms with Gasteiger partial charge in [0.05, 0.1) is 0 Å². The average molecular weight is 308 g/mol. The zero-order valence-electron chi connectivity index (χ0n) is 11.7. The van der Waals surface area contributed by atoms with E-state index in [1.807, 2.05) is 6.92 Å². The van der Waals surface area contributed by atoms with E-state index >= 15 is 0 Å². The van der Waals surface area contributed by atoms with E-state index in [1.54, 1.807) is 0 Å². The van der Waals surface area contributed by atoms with Gasteiger partial charge in [-0.1, -0.05) is 6.92 Å². The number of nitrogens with zero attached hydrogens (tertiary/aromatic N) is 1. The number of nitrogens with one attached hydrogen (secondary N) is 2. The molecule has 0 aliphatic heterocycles. The molecule has 4 N–H and O–H groups in total. The van der Waals surface area contributed by atoms with E-state index in [0.717, 1.165) is 0 Å². The normalized spacial score (nSPS) is 11.6. The monoisotopic (exact) mass is 308 g/mol. The Balaban J connectivity index is 2.69. The minimum absolute atomic E-state index is 0.00132. The molecule has 0 saturated heterocycles. The number of halogens is 3. The van der Waals surface area contributed by atoms with E-state index in [2.05, 4.69) is 10.3 Å². The molecule has 0 unspecified atom stereocenters. The summed E-state index contributed by atoms with van der Waals surface area (Å²) in [5.74, 6) is 0.00132. The second-order valence-electron chi connectivity index (χ2n) is 4.67. The van der Waals surface area contributed by atoms with Crippen molar-refractivity contribution in [2.24, 2.45) is 0 Å². The van der Waals surface area contributed by atoms with Crippen molar-refractivity contribution in [3.05, 3.63) is 20.8 Å². The lowest BCUT2D eigenvalue weighted by Gasteiger charge is -2.13. The Kier molecular flexibility index (Phi) is 5.86. The molecule has 1 rings (SSSR count). The molecule has 0 saturated carbocycles. The van der Waals surface area contributed by atoms with Gasteiger partial charge in [0, 0.05) is 19.5 Å². The summed E-state index contributed by atoms with van der Waals surface area (Å²) in [5, 5.41) is 2.70. The Labute approximate surface area is 119 Å². The number of anilines is 2. The number of hydrogen-bond donors (Lipinski definition) is 3. The van der Waals surface area contributed by atoms with Gasteiger partial charge in [0.1, 0.15) is 11.5 Å². The average Bonchev–Trinajstić information content (AvgIpc) is 2.36. The standard InChI is InChI=1S/C12H19F3N4O2/c1-2-7-19-9(16)8(10(20)18-11(19)21)17-6-4-3-5-12(13,14)15/h17H,2-7,16H2,1H3,(H,18,20,21). The quantitative estimate of drug-likeness (QED) is 0.668. The summed E-state index contributed by atoms with van der Waals surface area (Å²) in [7, 11) is 0. The summed E-state index contributed by atoms with van der Waals surface area (Å²) in [4.78, 5) is 25.3. The lowest BCUT2D eigenvalue weighted by molar-refractivity contribution is -0.135. The van der Waals surface area contributed by atoms with Gasteiger partial charge in [0.2, 0.25) is 0 Å². The number of aromatic nitrogens is 2. The van der Waals surface area contributed by atoms with Gasteiger partial charge in [0.15, 0.2) is 0 Å². The summed E-state index contributed by atoms with van der Waals surface area (Å²) in [6.07, 6.45) is -4.18. The first-order chi connectivity index (χ1) is 9.76. The summed E-state index contributed by atoms with van der Waals surface area (Å²) in [6, 6.07) is 0. The predicted octanol–water partition coefficient (Wildman–Crippen LogP) is 1.67. The van der Waals surface area contributed by atoms with Gasteiger partial charge >= 0.3 is 11.9 Å². The van der Waals surface area contributed by atoms with Crippen LogP contribution in [-0.2, 0) is 6.54 Å². The second kappa shape index (κ2) is 7.19. The minimum atomic E-state index is -4.18. The summed E-state index contributed by atoms with van der Waals surface area (Å²) in [6.45, 7) is 2.37. The molecule has 9 heteroatoms. The molecule has 0 aliphatic rings. The maximum Gasteiger partial charge on any atom is 0.389 e. The van der Waals surface area contributed by atoms with Crippen LogP contribution in [0, 0.1) is 0 Å². The fourth-order valence-electron chi connectivity index (χ4n) is 1.87. The van der Waals surface area contributed by atoms with E-state index in [4.69, 9.17) is 5.73 Å². The molecule has 0 atom stereocenters. The Bertz CT molecular complexity index is 577. The molecular weight excluding hydrogens is 289 g/mol. The van der Waals surface area contributed by atoms with Crippen molar-refractivity contribution in [1.29, 1.82) is 0 Å². The number of nitrogen functional groups attached to an aromatic ring is 1. The van der Waals surface area contributed by atoms with Gasteiger partial charge < -0.3 is 11.1 Å². The number of unbranched alkanes of at least 4 members (excludes halogenated alkanes) is 1. The molecule has 6 nitrogen and oxygen atoms in total. The van der Waals surface area contributed by atoms with Gasteiger partial charge in [-0.15, -0.1) is 0 Å². The number of H-pyrrole nitrogens is 1. The minimum Gasteiger partial charge on any atom is -0.383 e. The van der Waals surface area contributed by atoms with Gasteiger partial charge in [-0.2, -0.15) is 13.2 Å². The molecule has 0 fully saturated rings. The van der Waals surface area contributed by atoms with Gasteiger partial charge in [0.25, 0.3) is 5.56 Å². The van der Waals surface area contributed by atoms with Crippen LogP contribution in [0.4, 0.5) is 24.7 Å². The Morgan fingerprint density at radius 2 is 1.95 bits per heavy atom. The van der Waals surface area contributed by atoms with Crippen LogP contribution in [0.15, 0.2) is 9.59 Å². The summed E-state index contributed by atoms with van der Waals surface area (Å²) >= 11 is 0. The van der Waals surface area contributed by atoms with Crippen LogP contribution in [0.5, 0.6) is 0 Å². The van der Waals surface area contributed by atoms with Crippen molar-refractivity contribution >= 4 is 11.5 Å². The van der Waals surface area contributed by atoms with Crippen LogP contribution in [0.3, 0.4) is 0 Å². The highest BCUT2D eigenvalue weighted by Gasteiger charge is 2.25. The zero-order valence-corrected chi connectivity index (χ0v) is 11.7. The van der Waals surface area contributed by atoms with E-state index < -0.39 is 23.8 Å². The highest BCUT2D eigenvalue weighted by molar-refractivity contribution is 5.60. The third-order valence-electron chi connectivity index (χ3n) is 2.88. The predicted molar refractivity (Wildman–Crippen MR) is 74.4 cm³/mol. The van der Waals surface area contributed by atoms with Gasteiger partial charge in [-0.05, 0) is 19.3 Å². The number of aromatic amines is 1. The zero-order chi connectivity index (χ0) is 16.0. The first kappa shape index (κ1) is 17.1. The highest BCUT2D eigenvalue weighted by Crippen LogP contribution is 2.22. The van der Waals surface area contributed by atoms with Crippen LogP contribution in [0.2, 0.25) is 0 Å². The summed E-state index contributed by atoms with van der Waals surface area (Å²) in [5.41, 5.74) is 4.52. The Morgan fingerprint density at radius 3 is 2.52 bits per heavy atom. The largest absolute Gasteiger partial charge is 0.389 e. The van der Waals surface area contributed by atoms with Crippen molar-refractivity contribution < 1.29 is 13.2 Å². The molecule has 0 amide bonds. The van der Waals surface area contributed by atoms with Crippen LogP contribution in [-0.4, -0.2) is 22.3 Å². The SMILES string of the molecule is CCCn1c(N)c(NCCCCC(F)(F)F)c(=O)[nH]c1=O. The van der Waals surface area contributed by atoms with E-state index in [9.17, 15) is 22.8 Å². The van der Waals surface area contributed by atoms with Crippen LogP contribution >= 0.6 is 0 Å². The van der Waals surface area contributed by atoms with Crippen molar-refractivity contribution in [2.75, 3.05) is 17.6 Å². The molecule has 0 bridgehead atoms. The Morgan fingerprint density at radius 1 is 1.29 bits per heavy atom. The van der Waals surface area contributed by atoms with Gasteiger partial charge in [-0.3, -0.25) is 14.3 Å². The third kappa shape index (κ3) is 5.16. The molecule has 21 heavy (non-hydrogen) atoms. The van der Waals surface area contributed by atoms with Gasteiger partial charge in [-0.25, -0.2) is 4.79 Å². The molecule has 0 spiro atoms. The molecular formula is C12H19F3N4O2. The first-order valence-corrected chi connectivity index (χ1v) is 6.69. The second-order valence-corrected chi connectivity index (χ2v) is 4.67. The fraction of sp³-hybridized carbons (Fsp3) is 0.667. The van der Waals surface area contributed by atoms with Crippen LogP contribution in [0.25, 0.3) is 0 Å². The van der Waals surface area contributed by atoms with Crippen LogP contribution in [0.1, 0.15) is 32.6 Å². The topological polar surface area (TPSA) is 92.9 Å². The number of nitrogens with two attached hydrogens (primary N) is 1. The lowest BCUT2D eigenvalue weighted by Crippen LogP contribution is -2.34. The lowest BCUT2D eigenvalue weighted by atomic mass is 10.2. The van der Waals surface area contributed by atoms with Crippen molar-refractivity contribution in [3.63, 3.8) is 0 Å². The molecule has 1 aromatic heterocycles. The van der Waals surface area contributed by atoms with E-state index in [0.29, 0.717) is 13.0 Å². The number of alkyl halides is 3. The maximum absolute atomic E-state index is 12.0. The molecule has 0 aliphatic carbocycles. The number of rotatable bonds is 7. The van der Waals surface area contributed by atoms with Crippen molar-refractivity contribution in [3.8, 4) is 0 Å². The highest BCUT2D eigenvalue weighted by atomic mass is 19.4. The summed E-state index contributed by atoms with van der Waals surface area (Å²) < 4.78 is 37.2. The third-order valence-corrected chi connectivity index (χ3v) is 2.88. The van der Waals surface area contributed by atoms with Crippen molar-refractivity contribution in [1.82, 2.24) is 9.55 Å². The molecule has 0 radical (unpaired) electrons. The molecule has 1 aromatic rings. The smallest absolute Gasteiger partial charge is 0.383 e. The maximum atomic E-state index is 12.0. The molecule has 120 valence electrons.